The van der Waals surface area contributed by atoms with Crippen LogP contribution in [0.4, 0.5) is 13.2 Å². The second kappa shape index (κ2) is 4.89. The minimum atomic E-state index is -4.40. The van der Waals surface area contributed by atoms with Crippen molar-refractivity contribution in [2.75, 3.05) is 0 Å². The van der Waals surface area contributed by atoms with Crippen molar-refractivity contribution in [2.45, 2.75) is 44.1 Å². The standard InChI is InChI=1S/C14H15F3N2O2/c1-8-9-4-11(19(8)7-20)12(5-9)21-13-3-2-10(6-18-13)14(15,16)17/h2-3,6-9,11-12H,4-5H2,1H3/t8-,9-,11+,12-/m1/s1. The fraction of sp³-hybridized carbons (Fsp3) is 0.571. The number of ether oxygens (including phenoxy) is 1. The van der Waals surface area contributed by atoms with Crippen LogP contribution in [0.2, 0.25) is 0 Å². The van der Waals surface area contributed by atoms with Crippen LogP contribution < -0.4 is 4.74 Å². The van der Waals surface area contributed by atoms with Crippen LogP contribution in [0, 0.1) is 5.92 Å². The maximum Gasteiger partial charge on any atom is 0.417 e. The lowest BCUT2D eigenvalue weighted by atomic mass is 10.00. The van der Waals surface area contributed by atoms with Crippen molar-refractivity contribution in [1.29, 1.82) is 0 Å². The Kier molecular flexibility index (Phi) is 3.30. The van der Waals surface area contributed by atoms with E-state index in [1.165, 1.54) is 6.07 Å². The number of fused-ring (bicyclic) bond motifs is 2. The molecule has 0 unspecified atom stereocenters. The number of pyridine rings is 1. The minimum Gasteiger partial charge on any atom is -0.472 e. The van der Waals surface area contributed by atoms with Gasteiger partial charge < -0.3 is 9.64 Å². The van der Waals surface area contributed by atoms with Crippen molar-refractivity contribution in [3.8, 4) is 5.88 Å². The van der Waals surface area contributed by atoms with Gasteiger partial charge in [0, 0.05) is 18.3 Å². The molecule has 1 amide bonds. The maximum absolute atomic E-state index is 12.5. The third-order valence-electron chi connectivity index (χ3n) is 4.50. The van der Waals surface area contributed by atoms with Gasteiger partial charge in [0.25, 0.3) is 0 Å². The number of hydrogen-bond acceptors (Lipinski definition) is 3. The average Bonchev–Trinajstić information content (AvgIpc) is 2.96. The number of carbonyl (C=O) groups is 1. The summed E-state index contributed by atoms with van der Waals surface area (Å²) in [6.45, 7) is 2.01. The van der Waals surface area contributed by atoms with Gasteiger partial charge in [-0.25, -0.2) is 4.98 Å². The first-order chi connectivity index (χ1) is 9.90. The Morgan fingerprint density at radius 1 is 1.38 bits per heavy atom. The Hall–Kier alpha value is -1.79. The molecule has 4 nitrogen and oxygen atoms in total. The van der Waals surface area contributed by atoms with Gasteiger partial charge in [0.05, 0.1) is 11.6 Å². The van der Waals surface area contributed by atoms with Crippen LogP contribution in [0.3, 0.4) is 0 Å². The molecule has 2 aliphatic rings. The van der Waals surface area contributed by atoms with Crippen molar-refractivity contribution in [2.24, 2.45) is 5.92 Å². The zero-order valence-electron chi connectivity index (χ0n) is 11.4. The molecule has 3 rings (SSSR count). The van der Waals surface area contributed by atoms with E-state index in [1.807, 2.05) is 6.92 Å². The smallest absolute Gasteiger partial charge is 0.417 e. The monoisotopic (exact) mass is 300 g/mol. The lowest BCUT2D eigenvalue weighted by Crippen LogP contribution is -2.47. The molecule has 7 heteroatoms. The minimum absolute atomic E-state index is 0.00778. The van der Waals surface area contributed by atoms with E-state index in [1.54, 1.807) is 4.90 Å². The quantitative estimate of drug-likeness (QED) is 0.805. The molecule has 1 saturated heterocycles. The Morgan fingerprint density at radius 2 is 2.14 bits per heavy atom. The summed E-state index contributed by atoms with van der Waals surface area (Å²) in [6.07, 6.45) is -1.32. The van der Waals surface area contributed by atoms with E-state index in [2.05, 4.69) is 4.98 Å². The van der Waals surface area contributed by atoms with Gasteiger partial charge >= 0.3 is 6.18 Å². The lowest BCUT2D eigenvalue weighted by molar-refractivity contribution is -0.138. The molecule has 21 heavy (non-hydrogen) atoms. The molecule has 0 N–H and O–H groups in total. The summed E-state index contributed by atoms with van der Waals surface area (Å²) in [6, 6.07) is 2.37. The third-order valence-corrected chi connectivity index (χ3v) is 4.50. The number of alkyl halides is 3. The molecule has 2 heterocycles. The van der Waals surface area contributed by atoms with Gasteiger partial charge in [-0.1, -0.05) is 0 Å². The van der Waals surface area contributed by atoms with Gasteiger partial charge in [-0.15, -0.1) is 0 Å². The van der Waals surface area contributed by atoms with E-state index < -0.39 is 11.7 Å². The zero-order chi connectivity index (χ0) is 15.2. The number of hydrogen-bond donors (Lipinski definition) is 0. The number of likely N-dealkylation sites (tertiary alicyclic amines) is 1. The summed E-state index contributed by atoms with van der Waals surface area (Å²) in [5.41, 5.74) is -0.800. The highest BCUT2D eigenvalue weighted by Crippen LogP contribution is 2.43. The number of nitrogens with zero attached hydrogens (tertiary/aromatic N) is 2. The van der Waals surface area contributed by atoms with Crippen LogP contribution in [0.1, 0.15) is 25.3 Å². The van der Waals surface area contributed by atoms with Gasteiger partial charge in [0.15, 0.2) is 0 Å². The second-order valence-corrected chi connectivity index (χ2v) is 5.63. The van der Waals surface area contributed by atoms with Crippen molar-refractivity contribution in [3.05, 3.63) is 23.9 Å². The molecular weight excluding hydrogens is 285 g/mol. The fourth-order valence-corrected chi connectivity index (χ4v) is 3.34. The van der Waals surface area contributed by atoms with Gasteiger partial charge in [-0.2, -0.15) is 13.2 Å². The van der Waals surface area contributed by atoms with Crippen LogP contribution in [-0.4, -0.2) is 34.5 Å². The molecule has 0 aromatic carbocycles. The molecule has 4 atom stereocenters. The zero-order valence-corrected chi connectivity index (χ0v) is 11.4. The largest absolute Gasteiger partial charge is 0.472 e. The van der Waals surface area contributed by atoms with Gasteiger partial charge in [0.1, 0.15) is 6.10 Å². The van der Waals surface area contributed by atoms with Crippen molar-refractivity contribution in [3.63, 3.8) is 0 Å². The SMILES string of the molecule is C[C@@H]1[C@H]2C[C@@H](Oc3ccc(C(F)(F)F)cn3)[C@H](C2)N1C=O. The van der Waals surface area contributed by atoms with Gasteiger partial charge in [0.2, 0.25) is 12.3 Å². The molecule has 1 saturated carbocycles. The topological polar surface area (TPSA) is 42.4 Å². The van der Waals surface area contributed by atoms with Crippen molar-refractivity contribution < 1.29 is 22.7 Å². The van der Waals surface area contributed by atoms with Crippen LogP contribution in [-0.2, 0) is 11.0 Å². The average molecular weight is 300 g/mol. The molecular formula is C14H15F3N2O2. The summed E-state index contributed by atoms with van der Waals surface area (Å²) in [5, 5.41) is 0. The van der Waals surface area contributed by atoms with E-state index in [0.717, 1.165) is 31.5 Å². The first kappa shape index (κ1) is 14.2. The molecule has 1 aliphatic carbocycles. The first-order valence-electron chi connectivity index (χ1n) is 6.83. The van der Waals surface area contributed by atoms with E-state index in [-0.39, 0.29) is 24.1 Å². The summed E-state index contributed by atoms with van der Waals surface area (Å²) in [5.74, 6) is 0.554. The summed E-state index contributed by atoms with van der Waals surface area (Å²) < 4.78 is 43.1. The molecule has 2 bridgehead atoms. The number of carbonyl (C=O) groups excluding carboxylic acids is 1. The Morgan fingerprint density at radius 3 is 2.67 bits per heavy atom. The number of aromatic nitrogens is 1. The Balaban J connectivity index is 1.69. The normalized spacial score (nSPS) is 31.5. The third kappa shape index (κ3) is 2.45. The highest BCUT2D eigenvalue weighted by Gasteiger charge is 2.50. The van der Waals surface area contributed by atoms with Crippen LogP contribution in [0.5, 0.6) is 5.88 Å². The van der Waals surface area contributed by atoms with E-state index in [0.29, 0.717) is 5.92 Å². The Bertz CT molecular complexity index is 532. The number of piperidine rings is 1. The van der Waals surface area contributed by atoms with Gasteiger partial charge in [-0.3, -0.25) is 4.79 Å². The summed E-state index contributed by atoms with van der Waals surface area (Å²) >= 11 is 0. The van der Waals surface area contributed by atoms with E-state index >= 15 is 0 Å². The van der Waals surface area contributed by atoms with Crippen molar-refractivity contribution in [1.82, 2.24) is 9.88 Å². The molecule has 1 aromatic heterocycles. The predicted octanol–water partition coefficient (Wildman–Crippen LogP) is 2.49. The first-order valence-corrected chi connectivity index (χ1v) is 6.83. The molecule has 1 aromatic rings. The van der Waals surface area contributed by atoms with Gasteiger partial charge in [-0.05, 0) is 31.7 Å². The highest BCUT2D eigenvalue weighted by molar-refractivity contribution is 5.50. The molecule has 0 spiro atoms. The second-order valence-electron chi connectivity index (χ2n) is 5.63. The fourth-order valence-electron chi connectivity index (χ4n) is 3.34. The molecule has 114 valence electrons. The molecule has 2 fully saturated rings. The lowest BCUT2D eigenvalue weighted by Gasteiger charge is -2.34. The number of amides is 1. The number of rotatable bonds is 3. The molecule has 0 radical (unpaired) electrons. The summed E-state index contributed by atoms with van der Waals surface area (Å²) in [4.78, 5) is 16.5. The van der Waals surface area contributed by atoms with Crippen molar-refractivity contribution >= 4 is 6.41 Å². The Labute approximate surface area is 119 Å². The van der Waals surface area contributed by atoms with E-state index in [9.17, 15) is 18.0 Å². The van der Waals surface area contributed by atoms with Crippen LogP contribution in [0.25, 0.3) is 0 Å². The van der Waals surface area contributed by atoms with Crippen LogP contribution in [0.15, 0.2) is 18.3 Å². The summed E-state index contributed by atoms with van der Waals surface area (Å²) in [7, 11) is 0. The van der Waals surface area contributed by atoms with E-state index in [4.69, 9.17) is 4.74 Å². The number of halogens is 3. The maximum atomic E-state index is 12.5. The predicted molar refractivity (Wildman–Crippen MR) is 67.5 cm³/mol. The van der Waals surface area contributed by atoms with Crippen LogP contribution >= 0.6 is 0 Å². The highest BCUT2D eigenvalue weighted by atomic mass is 19.4. The molecule has 1 aliphatic heterocycles.